The van der Waals surface area contributed by atoms with Gasteiger partial charge in [-0.05, 0) is 18.2 Å². The minimum absolute atomic E-state index is 0.0436. The molecule has 1 aromatic carbocycles. The molecule has 0 aromatic heterocycles. The Kier molecular flexibility index (Phi) is 3.61. The van der Waals surface area contributed by atoms with Crippen molar-refractivity contribution >= 4 is 5.69 Å². The lowest BCUT2D eigenvalue weighted by atomic mass is 10.2. The van der Waals surface area contributed by atoms with Crippen LogP contribution in [0.3, 0.4) is 0 Å². The van der Waals surface area contributed by atoms with Gasteiger partial charge in [-0.15, -0.1) is 0 Å². The number of nitrogens with one attached hydrogen (secondary N) is 1. The average Bonchev–Trinajstić information content (AvgIpc) is 2.32. The summed E-state index contributed by atoms with van der Waals surface area (Å²) in [6.45, 7) is 0. The molecule has 0 saturated carbocycles. The molecule has 0 unspecified atom stereocenters. The highest BCUT2D eigenvalue weighted by Gasteiger charge is 2.02. The smallest absolute Gasteiger partial charge is 0.146 e. The summed E-state index contributed by atoms with van der Waals surface area (Å²) in [5.41, 5.74) is 0.150. The van der Waals surface area contributed by atoms with Gasteiger partial charge in [0.25, 0.3) is 0 Å². The van der Waals surface area contributed by atoms with Gasteiger partial charge < -0.3 is 5.32 Å². The van der Waals surface area contributed by atoms with Gasteiger partial charge in [0, 0.05) is 6.20 Å². The van der Waals surface area contributed by atoms with Gasteiger partial charge in [-0.2, -0.15) is 15.8 Å². The maximum Gasteiger partial charge on any atom is 0.146 e. The average molecular weight is 212 g/mol. The van der Waals surface area contributed by atoms with Gasteiger partial charge in [-0.1, -0.05) is 0 Å². The zero-order chi connectivity index (χ0) is 12.0. The van der Waals surface area contributed by atoms with Crippen molar-refractivity contribution in [3.63, 3.8) is 0 Å². The van der Waals surface area contributed by atoms with Crippen LogP contribution in [0.1, 0.15) is 5.56 Å². The largest absolute Gasteiger partial charge is 0.357 e. The normalized spacial score (nSPS) is 8.12. The highest BCUT2D eigenvalue weighted by molar-refractivity contribution is 5.54. The highest BCUT2D eigenvalue weighted by Crippen LogP contribution is 2.15. The molecular formula is C11H5FN4. The van der Waals surface area contributed by atoms with Crippen LogP contribution in [-0.2, 0) is 0 Å². The van der Waals surface area contributed by atoms with Crippen LogP contribution in [0.2, 0.25) is 0 Å². The maximum atomic E-state index is 13.2. The van der Waals surface area contributed by atoms with Crippen molar-refractivity contribution in [2.45, 2.75) is 0 Å². The molecule has 0 saturated heterocycles. The van der Waals surface area contributed by atoms with E-state index in [0.29, 0.717) is 0 Å². The second-order valence-corrected chi connectivity index (χ2v) is 2.73. The van der Waals surface area contributed by atoms with E-state index >= 15 is 0 Å². The molecule has 0 atom stereocenters. The Balaban J connectivity index is 3.00. The van der Waals surface area contributed by atoms with Crippen LogP contribution in [0.25, 0.3) is 0 Å². The molecule has 0 aliphatic carbocycles. The van der Waals surface area contributed by atoms with E-state index in [2.05, 4.69) is 5.32 Å². The van der Waals surface area contributed by atoms with Gasteiger partial charge >= 0.3 is 0 Å². The van der Waals surface area contributed by atoms with Gasteiger partial charge in [0.2, 0.25) is 0 Å². The van der Waals surface area contributed by atoms with E-state index in [1.54, 1.807) is 12.1 Å². The Morgan fingerprint density at radius 1 is 1.25 bits per heavy atom. The third-order valence-electron chi connectivity index (χ3n) is 1.71. The summed E-state index contributed by atoms with van der Waals surface area (Å²) in [4.78, 5) is 0. The first kappa shape index (κ1) is 11.2. The Hall–Kier alpha value is -2.84. The number of halogens is 1. The summed E-state index contributed by atoms with van der Waals surface area (Å²) in [6, 6.07) is 8.85. The molecule has 4 nitrogen and oxygen atoms in total. The van der Waals surface area contributed by atoms with E-state index < -0.39 is 5.82 Å². The minimum Gasteiger partial charge on any atom is -0.357 e. The molecule has 0 aliphatic rings. The topological polar surface area (TPSA) is 83.4 Å². The third-order valence-corrected chi connectivity index (χ3v) is 1.71. The van der Waals surface area contributed by atoms with E-state index in [4.69, 9.17) is 15.8 Å². The lowest BCUT2D eigenvalue weighted by Gasteiger charge is -2.02. The molecule has 0 aliphatic heterocycles. The second-order valence-electron chi connectivity index (χ2n) is 2.73. The molecule has 0 radical (unpaired) electrons. The molecule has 16 heavy (non-hydrogen) atoms. The van der Waals surface area contributed by atoms with Gasteiger partial charge in [0.15, 0.2) is 0 Å². The summed E-state index contributed by atoms with van der Waals surface area (Å²) in [5, 5.41) is 28.0. The Morgan fingerprint density at radius 3 is 2.50 bits per heavy atom. The number of nitrogens with zero attached hydrogens (tertiary/aromatic N) is 3. The fourth-order valence-corrected chi connectivity index (χ4v) is 0.945. The van der Waals surface area contributed by atoms with Gasteiger partial charge in [0.1, 0.15) is 23.5 Å². The predicted molar refractivity (Wildman–Crippen MR) is 54.0 cm³/mol. The first-order chi connectivity index (χ1) is 7.71. The number of benzene rings is 1. The first-order valence-electron chi connectivity index (χ1n) is 4.18. The summed E-state index contributed by atoms with van der Waals surface area (Å²) in [5.74, 6) is -0.564. The van der Waals surface area contributed by atoms with Crippen molar-refractivity contribution in [3.8, 4) is 18.2 Å². The van der Waals surface area contributed by atoms with E-state index in [-0.39, 0.29) is 16.8 Å². The van der Waals surface area contributed by atoms with Crippen LogP contribution in [0, 0.1) is 39.8 Å². The van der Waals surface area contributed by atoms with Crippen molar-refractivity contribution in [3.05, 3.63) is 41.4 Å². The van der Waals surface area contributed by atoms with Crippen molar-refractivity contribution in [2.75, 3.05) is 5.32 Å². The Morgan fingerprint density at radius 2 is 1.94 bits per heavy atom. The molecule has 0 spiro atoms. The number of hydrogen-bond acceptors (Lipinski definition) is 4. The standard InChI is InChI=1S/C11H5FN4/c12-10-2-1-8(4-13)3-11(10)16-7-9(5-14)6-15/h1-3,7,16H. The van der Waals surface area contributed by atoms with Crippen LogP contribution in [0.4, 0.5) is 10.1 Å². The molecule has 1 N–H and O–H groups in total. The minimum atomic E-state index is -0.564. The van der Waals surface area contributed by atoms with Crippen molar-refractivity contribution in [1.82, 2.24) is 0 Å². The molecule has 5 heteroatoms. The Bertz CT molecular complexity index is 539. The molecular weight excluding hydrogens is 207 g/mol. The summed E-state index contributed by atoms with van der Waals surface area (Å²) >= 11 is 0. The number of rotatable bonds is 2. The monoisotopic (exact) mass is 212 g/mol. The molecule has 0 amide bonds. The van der Waals surface area contributed by atoms with Crippen molar-refractivity contribution in [1.29, 1.82) is 15.8 Å². The van der Waals surface area contributed by atoms with Crippen LogP contribution < -0.4 is 5.32 Å². The molecule has 0 heterocycles. The van der Waals surface area contributed by atoms with Crippen LogP contribution in [0.5, 0.6) is 0 Å². The fraction of sp³-hybridized carbons (Fsp3) is 0. The van der Waals surface area contributed by atoms with Gasteiger partial charge in [-0.3, -0.25) is 0 Å². The van der Waals surface area contributed by atoms with Gasteiger partial charge in [0.05, 0.1) is 17.3 Å². The van der Waals surface area contributed by atoms with E-state index in [9.17, 15) is 4.39 Å². The SMILES string of the molecule is N#CC(C#N)=CNc1cc(C#N)ccc1F. The molecule has 0 bridgehead atoms. The zero-order valence-corrected chi connectivity index (χ0v) is 8.03. The molecule has 76 valence electrons. The Labute approximate surface area is 91.5 Å². The molecule has 1 aromatic rings. The van der Waals surface area contributed by atoms with Crippen LogP contribution >= 0.6 is 0 Å². The number of nitriles is 3. The summed E-state index contributed by atoms with van der Waals surface area (Å²) < 4.78 is 13.2. The number of hydrogen-bond donors (Lipinski definition) is 1. The van der Waals surface area contributed by atoms with Gasteiger partial charge in [-0.25, -0.2) is 4.39 Å². The predicted octanol–water partition coefficient (Wildman–Crippen LogP) is 2.04. The first-order valence-corrected chi connectivity index (χ1v) is 4.18. The lowest BCUT2D eigenvalue weighted by Crippen LogP contribution is -1.94. The number of anilines is 1. The van der Waals surface area contributed by atoms with Crippen molar-refractivity contribution in [2.24, 2.45) is 0 Å². The maximum absolute atomic E-state index is 13.2. The summed E-state index contributed by atoms with van der Waals surface area (Å²) in [7, 11) is 0. The fourth-order valence-electron chi connectivity index (χ4n) is 0.945. The zero-order valence-electron chi connectivity index (χ0n) is 8.03. The van der Waals surface area contributed by atoms with Crippen LogP contribution in [0.15, 0.2) is 30.0 Å². The van der Waals surface area contributed by atoms with E-state index in [1.165, 1.54) is 12.1 Å². The highest BCUT2D eigenvalue weighted by atomic mass is 19.1. The van der Waals surface area contributed by atoms with Crippen molar-refractivity contribution < 1.29 is 4.39 Å². The molecule has 0 fully saturated rings. The van der Waals surface area contributed by atoms with Crippen LogP contribution in [-0.4, -0.2) is 0 Å². The second kappa shape index (κ2) is 5.14. The summed E-state index contributed by atoms with van der Waals surface area (Å²) in [6.07, 6.45) is 1.08. The third kappa shape index (κ3) is 2.57. The molecule has 1 rings (SSSR count). The van der Waals surface area contributed by atoms with E-state index in [0.717, 1.165) is 12.3 Å². The van der Waals surface area contributed by atoms with E-state index in [1.807, 2.05) is 6.07 Å². The quantitative estimate of drug-likeness (QED) is 0.760. The number of allylic oxidation sites excluding steroid dienone is 1. The lowest BCUT2D eigenvalue weighted by molar-refractivity contribution is 0.631.